The van der Waals surface area contributed by atoms with Crippen LogP contribution < -0.4 is 14.8 Å². The number of methoxy groups -OCH3 is 1. The Morgan fingerprint density at radius 2 is 1.69 bits per heavy atom. The summed E-state index contributed by atoms with van der Waals surface area (Å²) in [6, 6.07) is 19.7. The second-order valence-electron chi connectivity index (χ2n) is 8.02. The van der Waals surface area contributed by atoms with Crippen molar-refractivity contribution in [2.45, 2.75) is 24.2 Å². The number of para-hydroxylation sites is 2. The SMILES string of the molecule is COc1ccccc1Oc1ccc(S(=O)(=O)N2CCCCC2)cc1NC(=O)c1cccc(C#N)c1. The lowest BCUT2D eigenvalue weighted by Gasteiger charge is -2.26. The second kappa shape index (κ2) is 10.6. The summed E-state index contributed by atoms with van der Waals surface area (Å²) < 4.78 is 39.4. The molecule has 0 bridgehead atoms. The largest absolute Gasteiger partial charge is 0.493 e. The van der Waals surface area contributed by atoms with Crippen molar-refractivity contribution in [3.8, 4) is 23.3 Å². The van der Waals surface area contributed by atoms with E-state index in [2.05, 4.69) is 5.32 Å². The maximum atomic E-state index is 13.3. The number of ether oxygens (including phenoxy) is 2. The highest BCUT2D eigenvalue weighted by Crippen LogP contribution is 2.37. The van der Waals surface area contributed by atoms with Crippen LogP contribution in [0.25, 0.3) is 0 Å². The fourth-order valence-corrected chi connectivity index (χ4v) is 5.40. The number of sulfonamides is 1. The Morgan fingerprint density at radius 1 is 0.943 bits per heavy atom. The van der Waals surface area contributed by atoms with Crippen LogP contribution in [0.3, 0.4) is 0 Å². The lowest BCUT2D eigenvalue weighted by atomic mass is 10.1. The number of carbonyl (C=O) groups excluding carboxylic acids is 1. The number of carbonyl (C=O) groups is 1. The number of hydrogen-bond acceptors (Lipinski definition) is 6. The molecule has 0 aliphatic carbocycles. The predicted molar refractivity (Wildman–Crippen MR) is 131 cm³/mol. The van der Waals surface area contributed by atoms with Crippen LogP contribution in [-0.2, 0) is 10.0 Å². The fourth-order valence-electron chi connectivity index (χ4n) is 3.86. The van der Waals surface area contributed by atoms with Crippen LogP contribution in [0.5, 0.6) is 17.2 Å². The highest BCUT2D eigenvalue weighted by molar-refractivity contribution is 7.89. The first-order valence-corrected chi connectivity index (χ1v) is 12.6. The van der Waals surface area contributed by atoms with Crippen molar-refractivity contribution < 1.29 is 22.7 Å². The van der Waals surface area contributed by atoms with Crippen molar-refractivity contribution in [2.24, 2.45) is 0 Å². The Bertz CT molecular complexity index is 1380. The van der Waals surface area contributed by atoms with E-state index in [9.17, 15) is 13.2 Å². The zero-order valence-electron chi connectivity index (χ0n) is 19.2. The molecule has 4 rings (SSSR count). The third-order valence-electron chi connectivity index (χ3n) is 5.69. The Kier molecular flexibility index (Phi) is 7.34. The van der Waals surface area contributed by atoms with E-state index in [1.54, 1.807) is 42.5 Å². The molecule has 0 atom stereocenters. The first-order valence-electron chi connectivity index (χ1n) is 11.2. The van der Waals surface area contributed by atoms with Crippen LogP contribution in [0.2, 0.25) is 0 Å². The standard InChI is InChI=1S/C26H25N3O5S/c1-33-24-10-3-4-11-25(24)34-23-13-12-21(35(31,32)29-14-5-2-6-15-29)17-22(23)28-26(30)20-9-7-8-19(16-20)18-27/h3-4,7-13,16-17H,2,5-6,14-15H2,1H3,(H,28,30). The minimum Gasteiger partial charge on any atom is -0.493 e. The third kappa shape index (κ3) is 5.45. The van der Waals surface area contributed by atoms with E-state index < -0.39 is 15.9 Å². The van der Waals surface area contributed by atoms with E-state index in [1.165, 1.54) is 35.7 Å². The van der Waals surface area contributed by atoms with Crippen LogP contribution in [0.4, 0.5) is 5.69 Å². The van der Waals surface area contributed by atoms with Gasteiger partial charge in [0.15, 0.2) is 17.2 Å². The van der Waals surface area contributed by atoms with E-state index in [1.807, 2.05) is 6.07 Å². The van der Waals surface area contributed by atoms with Gasteiger partial charge in [0, 0.05) is 18.7 Å². The number of hydrogen-bond donors (Lipinski definition) is 1. The molecule has 9 heteroatoms. The maximum absolute atomic E-state index is 13.3. The summed E-state index contributed by atoms with van der Waals surface area (Å²) >= 11 is 0. The monoisotopic (exact) mass is 491 g/mol. The van der Waals surface area contributed by atoms with Gasteiger partial charge in [-0.05, 0) is 61.4 Å². The van der Waals surface area contributed by atoms with Crippen LogP contribution in [-0.4, -0.2) is 38.8 Å². The molecule has 35 heavy (non-hydrogen) atoms. The van der Waals surface area contributed by atoms with Crippen molar-refractivity contribution in [1.29, 1.82) is 5.26 Å². The van der Waals surface area contributed by atoms with E-state index in [4.69, 9.17) is 14.7 Å². The summed E-state index contributed by atoms with van der Waals surface area (Å²) in [7, 11) is -2.22. The smallest absolute Gasteiger partial charge is 0.255 e. The Labute approximate surface area is 204 Å². The molecule has 180 valence electrons. The lowest BCUT2D eigenvalue weighted by Crippen LogP contribution is -2.35. The number of amides is 1. The van der Waals surface area contributed by atoms with E-state index in [0.717, 1.165) is 19.3 Å². The van der Waals surface area contributed by atoms with E-state index in [-0.39, 0.29) is 21.9 Å². The van der Waals surface area contributed by atoms with Crippen molar-refractivity contribution >= 4 is 21.6 Å². The number of nitrogens with one attached hydrogen (secondary N) is 1. The number of rotatable bonds is 7. The average Bonchev–Trinajstić information content (AvgIpc) is 2.90. The van der Waals surface area contributed by atoms with Crippen molar-refractivity contribution in [3.63, 3.8) is 0 Å². The number of nitriles is 1. The normalized spacial score (nSPS) is 14.1. The van der Waals surface area contributed by atoms with Gasteiger partial charge in [-0.1, -0.05) is 24.6 Å². The minimum absolute atomic E-state index is 0.0628. The summed E-state index contributed by atoms with van der Waals surface area (Å²) in [5.41, 5.74) is 0.780. The number of nitrogens with zero attached hydrogens (tertiary/aromatic N) is 2. The van der Waals surface area contributed by atoms with Gasteiger partial charge in [-0.15, -0.1) is 0 Å². The molecule has 1 N–H and O–H groups in total. The van der Waals surface area contributed by atoms with Crippen molar-refractivity contribution in [3.05, 3.63) is 77.9 Å². The number of piperidine rings is 1. The van der Waals surface area contributed by atoms with E-state index >= 15 is 0 Å². The first kappa shape index (κ1) is 24.3. The molecule has 0 saturated carbocycles. The molecule has 1 heterocycles. The molecular weight excluding hydrogens is 466 g/mol. The topological polar surface area (TPSA) is 109 Å². The Hall–Kier alpha value is -3.87. The second-order valence-corrected chi connectivity index (χ2v) is 9.96. The van der Waals surface area contributed by atoms with Gasteiger partial charge in [-0.25, -0.2) is 8.42 Å². The molecule has 0 unspecified atom stereocenters. The van der Waals surface area contributed by atoms with Gasteiger partial charge in [-0.2, -0.15) is 9.57 Å². The Morgan fingerprint density at radius 3 is 2.40 bits per heavy atom. The minimum atomic E-state index is -3.74. The van der Waals surface area contributed by atoms with Gasteiger partial charge >= 0.3 is 0 Å². The Balaban J connectivity index is 1.72. The van der Waals surface area contributed by atoms with Gasteiger partial charge in [0.25, 0.3) is 5.91 Å². The van der Waals surface area contributed by atoms with Crippen LogP contribution in [0.1, 0.15) is 35.2 Å². The number of anilines is 1. The van der Waals surface area contributed by atoms with Gasteiger partial charge in [-0.3, -0.25) is 4.79 Å². The van der Waals surface area contributed by atoms with Crippen LogP contribution in [0, 0.1) is 11.3 Å². The fraction of sp³-hybridized carbons (Fsp3) is 0.231. The molecule has 0 aromatic heterocycles. The molecular formula is C26H25N3O5S. The van der Waals surface area contributed by atoms with Crippen LogP contribution in [0.15, 0.2) is 71.6 Å². The maximum Gasteiger partial charge on any atom is 0.255 e. The summed E-state index contributed by atoms with van der Waals surface area (Å²) in [6.07, 6.45) is 2.63. The molecule has 1 aliphatic heterocycles. The summed E-state index contributed by atoms with van der Waals surface area (Å²) in [4.78, 5) is 13.1. The van der Waals surface area contributed by atoms with Gasteiger partial charge in [0.2, 0.25) is 10.0 Å². The number of benzene rings is 3. The summed E-state index contributed by atoms with van der Waals surface area (Å²) in [6.45, 7) is 0.925. The summed E-state index contributed by atoms with van der Waals surface area (Å²) in [5.74, 6) is 0.636. The van der Waals surface area contributed by atoms with Gasteiger partial charge in [0.05, 0.1) is 29.3 Å². The highest BCUT2D eigenvalue weighted by Gasteiger charge is 2.27. The van der Waals surface area contributed by atoms with Gasteiger partial charge < -0.3 is 14.8 Å². The zero-order valence-corrected chi connectivity index (χ0v) is 20.0. The third-order valence-corrected chi connectivity index (χ3v) is 7.59. The predicted octanol–water partition coefficient (Wildman–Crippen LogP) is 4.79. The molecule has 0 spiro atoms. The summed E-state index contributed by atoms with van der Waals surface area (Å²) in [5, 5.41) is 11.9. The molecule has 3 aromatic rings. The molecule has 8 nitrogen and oxygen atoms in total. The van der Waals surface area contributed by atoms with Crippen molar-refractivity contribution in [2.75, 3.05) is 25.5 Å². The van der Waals surface area contributed by atoms with Gasteiger partial charge in [0.1, 0.15) is 0 Å². The molecule has 3 aromatic carbocycles. The molecule has 0 radical (unpaired) electrons. The first-order chi connectivity index (χ1) is 16.9. The molecule has 1 saturated heterocycles. The van der Waals surface area contributed by atoms with Crippen LogP contribution >= 0.6 is 0 Å². The molecule has 1 fully saturated rings. The molecule has 1 aliphatic rings. The lowest BCUT2D eigenvalue weighted by molar-refractivity contribution is 0.102. The average molecular weight is 492 g/mol. The molecule has 1 amide bonds. The highest BCUT2D eigenvalue weighted by atomic mass is 32.2. The van der Waals surface area contributed by atoms with Crippen molar-refractivity contribution in [1.82, 2.24) is 4.31 Å². The quantitative estimate of drug-likeness (QED) is 0.509. The van der Waals surface area contributed by atoms with E-state index in [0.29, 0.717) is 30.2 Å². The zero-order chi connectivity index (χ0) is 24.8.